The van der Waals surface area contributed by atoms with Gasteiger partial charge in [-0.15, -0.1) is 0 Å². The molecule has 3 N–H and O–H groups in total. The van der Waals surface area contributed by atoms with Crippen molar-refractivity contribution in [2.24, 2.45) is 0 Å². The number of carbonyl (C=O) groups excluding carboxylic acids is 1. The monoisotopic (exact) mass is 402 g/mol. The Morgan fingerprint density at radius 1 is 1.11 bits per heavy atom. The zero-order valence-corrected chi connectivity index (χ0v) is 18.4. The highest BCUT2D eigenvalue weighted by atomic mass is 31.1. The quantitative estimate of drug-likeness (QED) is 0.552. The van der Waals surface area contributed by atoms with Crippen LogP contribution >= 0.6 is 8.22 Å². The number of nitrogens with zero attached hydrogens (tertiary/aromatic N) is 1. The number of hydrogen-bond acceptors (Lipinski definition) is 5. The van der Waals surface area contributed by atoms with Crippen LogP contribution in [0.1, 0.15) is 28.8 Å². The van der Waals surface area contributed by atoms with Crippen LogP contribution in [0.5, 0.6) is 11.5 Å². The summed E-state index contributed by atoms with van der Waals surface area (Å²) in [6.45, 7) is 2.22. The highest BCUT2D eigenvalue weighted by Gasteiger charge is 2.15. The highest BCUT2D eigenvalue weighted by Crippen LogP contribution is 2.36. The molecule has 0 fully saturated rings. The van der Waals surface area contributed by atoms with Crippen LogP contribution in [0.25, 0.3) is 0 Å². The zero-order valence-electron chi connectivity index (χ0n) is 17.5. The summed E-state index contributed by atoms with van der Waals surface area (Å²) < 4.78 is 6.16. The first-order chi connectivity index (χ1) is 13.4. The van der Waals surface area contributed by atoms with Crippen LogP contribution in [0.2, 0.25) is 0 Å². The Bertz CT molecular complexity index is 794. The van der Waals surface area contributed by atoms with E-state index in [0.717, 1.165) is 17.6 Å². The number of rotatable bonds is 9. The summed E-state index contributed by atoms with van der Waals surface area (Å²) >= 11 is 0. The molecule has 28 heavy (non-hydrogen) atoms. The number of benzene rings is 2. The second-order valence-electron chi connectivity index (χ2n) is 6.79. The average Bonchev–Trinajstić information content (AvgIpc) is 2.71. The van der Waals surface area contributed by atoms with E-state index in [2.05, 4.69) is 34.5 Å². The zero-order chi connectivity index (χ0) is 20.7. The summed E-state index contributed by atoms with van der Waals surface area (Å²) in [5, 5.41) is 9.84. The molecule has 1 unspecified atom stereocenters. The molecule has 2 aromatic rings. The first-order valence-electron chi connectivity index (χ1n) is 9.33. The predicted octanol–water partition coefficient (Wildman–Crippen LogP) is 4.08. The Morgan fingerprint density at radius 2 is 1.82 bits per heavy atom. The van der Waals surface area contributed by atoms with Crippen LogP contribution in [0.15, 0.2) is 42.5 Å². The number of ether oxygens (including phenoxy) is 1. The Kier molecular flexibility index (Phi) is 8.24. The molecular formula is C21H31N4O2P. The molecule has 2 aromatic carbocycles. The lowest BCUT2D eigenvalue weighted by atomic mass is 10.0. The fourth-order valence-corrected chi connectivity index (χ4v) is 4.24. The van der Waals surface area contributed by atoms with Crippen molar-refractivity contribution in [1.29, 1.82) is 0 Å². The van der Waals surface area contributed by atoms with E-state index in [-0.39, 0.29) is 5.91 Å². The summed E-state index contributed by atoms with van der Waals surface area (Å²) in [7, 11) is 8.91. The van der Waals surface area contributed by atoms with E-state index in [0.29, 0.717) is 17.2 Å². The average molecular weight is 402 g/mol. The van der Waals surface area contributed by atoms with Gasteiger partial charge in [0.25, 0.3) is 5.91 Å². The van der Waals surface area contributed by atoms with Gasteiger partial charge >= 0.3 is 0 Å². The molecule has 0 aromatic heterocycles. The van der Waals surface area contributed by atoms with Crippen LogP contribution < -0.4 is 20.2 Å². The van der Waals surface area contributed by atoms with E-state index in [9.17, 15) is 4.79 Å². The molecule has 152 valence electrons. The topological polar surface area (TPSA) is 65.6 Å². The first kappa shape index (κ1) is 22.2. The number of carbonyl (C=O) groups is 1. The molecule has 0 heterocycles. The molecule has 0 aliphatic heterocycles. The summed E-state index contributed by atoms with van der Waals surface area (Å²) in [6.07, 6.45) is 1.02. The third kappa shape index (κ3) is 5.68. The van der Waals surface area contributed by atoms with Crippen LogP contribution in [0.3, 0.4) is 0 Å². The van der Waals surface area contributed by atoms with Gasteiger partial charge in [-0.05, 0) is 55.9 Å². The molecule has 0 saturated heterocycles. The number of nitrogens with one attached hydrogen (secondary N) is 3. The van der Waals surface area contributed by atoms with Gasteiger partial charge < -0.3 is 15.0 Å². The van der Waals surface area contributed by atoms with Crippen molar-refractivity contribution in [2.75, 3.05) is 46.7 Å². The van der Waals surface area contributed by atoms with E-state index >= 15 is 0 Å². The summed E-state index contributed by atoms with van der Waals surface area (Å²) in [5.41, 5.74) is 2.73. The Morgan fingerprint density at radius 3 is 2.43 bits per heavy atom. The SMILES string of the molecule is CNc1ccc(C(C)CP(NC)NC)cc1Oc1cccc(C(=O)N(C)C)c1. The fourth-order valence-electron chi connectivity index (χ4n) is 2.89. The molecule has 0 bridgehead atoms. The molecule has 6 nitrogen and oxygen atoms in total. The van der Waals surface area contributed by atoms with Crippen LogP contribution in [-0.2, 0) is 0 Å². The number of anilines is 1. The summed E-state index contributed by atoms with van der Waals surface area (Å²) in [5.74, 6) is 1.72. The lowest BCUT2D eigenvalue weighted by Crippen LogP contribution is -2.21. The van der Waals surface area contributed by atoms with Crippen molar-refractivity contribution >= 4 is 19.8 Å². The van der Waals surface area contributed by atoms with Crippen molar-refractivity contribution in [2.45, 2.75) is 12.8 Å². The minimum absolute atomic E-state index is 0.0471. The van der Waals surface area contributed by atoms with Crippen LogP contribution in [0, 0.1) is 0 Å². The van der Waals surface area contributed by atoms with E-state index < -0.39 is 8.22 Å². The van der Waals surface area contributed by atoms with Crippen molar-refractivity contribution < 1.29 is 9.53 Å². The van der Waals surface area contributed by atoms with Gasteiger partial charge in [-0.25, -0.2) is 0 Å². The molecule has 0 radical (unpaired) electrons. The Balaban J connectivity index is 2.27. The van der Waals surface area contributed by atoms with Gasteiger partial charge in [-0.1, -0.05) is 19.1 Å². The smallest absolute Gasteiger partial charge is 0.253 e. The van der Waals surface area contributed by atoms with Crippen molar-refractivity contribution in [1.82, 2.24) is 15.1 Å². The summed E-state index contributed by atoms with van der Waals surface area (Å²) in [6, 6.07) is 13.5. The maximum atomic E-state index is 12.2. The van der Waals surface area contributed by atoms with Gasteiger partial charge in [-0.2, -0.15) is 0 Å². The Hall–Kier alpha value is -2.14. The normalized spacial score (nSPS) is 12.0. The molecule has 1 amide bonds. The Labute approximate surface area is 169 Å². The maximum absolute atomic E-state index is 12.2. The first-order valence-corrected chi connectivity index (χ1v) is 10.9. The van der Waals surface area contributed by atoms with Crippen molar-refractivity contribution in [3.63, 3.8) is 0 Å². The van der Waals surface area contributed by atoms with Crippen LogP contribution in [0.4, 0.5) is 5.69 Å². The van der Waals surface area contributed by atoms with Gasteiger partial charge in [0.05, 0.1) is 5.69 Å². The largest absolute Gasteiger partial charge is 0.455 e. The van der Waals surface area contributed by atoms with Gasteiger partial charge in [-0.3, -0.25) is 15.0 Å². The van der Waals surface area contributed by atoms with Gasteiger partial charge in [0.1, 0.15) is 5.75 Å². The molecule has 0 spiro atoms. The highest BCUT2D eigenvalue weighted by molar-refractivity contribution is 7.53. The lowest BCUT2D eigenvalue weighted by molar-refractivity contribution is 0.0827. The van der Waals surface area contributed by atoms with E-state index in [4.69, 9.17) is 4.74 Å². The molecule has 2 rings (SSSR count). The van der Waals surface area contributed by atoms with E-state index in [1.54, 1.807) is 31.1 Å². The number of amides is 1. The standard InChI is InChI=1S/C21H31N4O2P/c1-15(14-28(23-3)24-4)16-10-11-19(22-2)20(13-16)27-18-9-7-8-17(12-18)21(26)25(5)6/h7-13,15,22-24H,14H2,1-6H3. The molecule has 0 aliphatic rings. The van der Waals surface area contributed by atoms with Crippen molar-refractivity contribution in [3.8, 4) is 11.5 Å². The van der Waals surface area contributed by atoms with Gasteiger partial charge in [0, 0.05) is 41.1 Å². The molecular weight excluding hydrogens is 371 g/mol. The predicted molar refractivity (Wildman–Crippen MR) is 119 cm³/mol. The second-order valence-corrected chi connectivity index (χ2v) is 8.91. The molecule has 1 atom stereocenters. The van der Waals surface area contributed by atoms with Gasteiger partial charge in [0.15, 0.2) is 5.75 Å². The lowest BCUT2D eigenvalue weighted by Gasteiger charge is -2.21. The van der Waals surface area contributed by atoms with E-state index in [1.807, 2.05) is 39.3 Å². The van der Waals surface area contributed by atoms with Gasteiger partial charge in [0.2, 0.25) is 0 Å². The molecule has 7 heteroatoms. The van der Waals surface area contributed by atoms with E-state index in [1.165, 1.54) is 5.56 Å². The second kappa shape index (κ2) is 10.4. The fraction of sp³-hybridized carbons (Fsp3) is 0.381. The maximum Gasteiger partial charge on any atom is 0.253 e. The molecule has 0 aliphatic carbocycles. The summed E-state index contributed by atoms with van der Waals surface area (Å²) in [4.78, 5) is 13.8. The molecule has 0 saturated carbocycles. The number of hydrogen-bond donors (Lipinski definition) is 3. The third-order valence-corrected chi connectivity index (χ3v) is 6.55. The third-order valence-electron chi connectivity index (χ3n) is 4.56. The minimum atomic E-state index is -0.405. The minimum Gasteiger partial charge on any atom is -0.455 e. The van der Waals surface area contributed by atoms with Crippen LogP contribution in [-0.4, -0.2) is 52.2 Å². The van der Waals surface area contributed by atoms with Crippen molar-refractivity contribution in [3.05, 3.63) is 53.6 Å².